The van der Waals surface area contributed by atoms with Crippen molar-refractivity contribution in [3.05, 3.63) is 12.2 Å². The van der Waals surface area contributed by atoms with E-state index in [-0.39, 0.29) is 0 Å². The summed E-state index contributed by atoms with van der Waals surface area (Å²) in [6, 6.07) is 0. The van der Waals surface area contributed by atoms with Crippen LogP contribution in [0.15, 0.2) is 12.2 Å². The lowest BCUT2D eigenvalue weighted by Crippen LogP contribution is -2.22. The van der Waals surface area contributed by atoms with E-state index in [2.05, 4.69) is 13.0 Å². The molecule has 16 heavy (non-hydrogen) atoms. The predicted molar refractivity (Wildman–Crippen MR) is 60.6 cm³/mol. The summed E-state index contributed by atoms with van der Waals surface area (Å²) in [6.45, 7) is 4.69. The van der Waals surface area contributed by atoms with Gasteiger partial charge in [0.2, 0.25) is 6.29 Å². The lowest BCUT2D eigenvalue weighted by molar-refractivity contribution is -0.185. The molecule has 0 aliphatic heterocycles. The van der Waals surface area contributed by atoms with Crippen LogP contribution in [0.3, 0.4) is 0 Å². The maximum absolute atomic E-state index is 10.7. The first kappa shape index (κ1) is 14.7. The van der Waals surface area contributed by atoms with Crippen molar-refractivity contribution in [1.29, 1.82) is 0 Å². The van der Waals surface area contributed by atoms with E-state index in [4.69, 9.17) is 9.47 Å². The van der Waals surface area contributed by atoms with Gasteiger partial charge >= 0.3 is 11.9 Å². The molecule has 4 heteroatoms. The van der Waals surface area contributed by atoms with Gasteiger partial charge in [-0.15, -0.1) is 0 Å². The van der Waals surface area contributed by atoms with Crippen LogP contribution in [0.1, 0.15) is 46.5 Å². The quantitative estimate of drug-likeness (QED) is 0.382. The Labute approximate surface area is 96.6 Å². The topological polar surface area (TPSA) is 52.6 Å². The van der Waals surface area contributed by atoms with Crippen LogP contribution in [0.2, 0.25) is 0 Å². The van der Waals surface area contributed by atoms with Crippen molar-refractivity contribution >= 4 is 11.9 Å². The Bertz CT molecular complexity index is 229. The van der Waals surface area contributed by atoms with Gasteiger partial charge in [-0.05, 0) is 12.8 Å². The molecule has 0 fully saturated rings. The summed E-state index contributed by atoms with van der Waals surface area (Å²) >= 11 is 0. The molecule has 0 aromatic carbocycles. The van der Waals surface area contributed by atoms with Crippen molar-refractivity contribution in [3.63, 3.8) is 0 Å². The molecule has 0 saturated heterocycles. The van der Waals surface area contributed by atoms with Crippen molar-refractivity contribution in [2.75, 3.05) is 0 Å². The number of esters is 2. The molecule has 0 radical (unpaired) electrons. The molecule has 0 saturated carbocycles. The highest BCUT2D eigenvalue weighted by atomic mass is 16.7. The monoisotopic (exact) mass is 228 g/mol. The summed E-state index contributed by atoms with van der Waals surface area (Å²) in [7, 11) is 0. The molecule has 0 N–H and O–H groups in total. The summed E-state index contributed by atoms with van der Waals surface area (Å²) in [5.41, 5.74) is 0. The van der Waals surface area contributed by atoms with Crippen LogP contribution in [0.25, 0.3) is 0 Å². The lowest BCUT2D eigenvalue weighted by Gasteiger charge is -2.15. The molecular formula is C12H20O4. The lowest BCUT2D eigenvalue weighted by atomic mass is 10.2. The van der Waals surface area contributed by atoms with Gasteiger partial charge < -0.3 is 9.47 Å². The maximum Gasteiger partial charge on any atom is 0.305 e. The molecule has 0 spiro atoms. The van der Waals surface area contributed by atoms with Gasteiger partial charge in [0.05, 0.1) is 0 Å². The van der Waals surface area contributed by atoms with Crippen molar-refractivity contribution < 1.29 is 19.1 Å². The van der Waals surface area contributed by atoms with Crippen LogP contribution < -0.4 is 0 Å². The summed E-state index contributed by atoms with van der Waals surface area (Å²) in [5.74, 6) is -0.882. The van der Waals surface area contributed by atoms with Gasteiger partial charge in [0.1, 0.15) is 0 Å². The number of rotatable bonds is 7. The molecule has 4 nitrogen and oxygen atoms in total. The highest BCUT2D eigenvalue weighted by Crippen LogP contribution is 2.06. The number of hydrogen-bond acceptors (Lipinski definition) is 4. The molecule has 0 bridgehead atoms. The third-order valence-corrected chi connectivity index (χ3v) is 1.79. The second kappa shape index (κ2) is 8.95. The minimum absolute atomic E-state index is 0.441. The first-order valence-corrected chi connectivity index (χ1v) is 5.55. The molecule has 0 aliphatic carbocycles. The zero-order valence-corrected chi connectivity index (χ0v) is 10.2. The van der Waals surface area contributed by atoms with Crippen LogP contribution in [-0.4, -0.2) is 18.2 Å². The fourth-order valence-corrected chi connectivity index (χ4v) is 1.15. The number of allylic oxidation sites excluding steroid dienone is 2. The fraction of sp³-hybridized carbons (Fsp3) is 0.667. The van der Waals surface area contributed by atoms with Crippen molar-refractivity contribution in [2.45, 2.75) is 52.7 Å². The predicted octanol–water partition coefficient (Wildman–Crippen LogP) is 2.58. The number of hydrogen-bond donors (Lipinski definition) is 0. The first-order valence-electron chi connectivity index (χ1n) is 5.55. The van der Waals surface area contributed by atoms with Gasteiger partial charge in [-0.3, -0.25) is 9.59 Å². The van der Waals surface area contributed by atoms with Gasteiger partial charge in [0, 0.05) is 20.3 Å². The van der Waals surface area contributed by atoms with E-state index in [0.717, 1.165) is 19.3 Å². The van der Waals surface area contributed by atoms with E-state index in [1.165, 1.54) is 13.8 Å². The van der Waals surface area contributed by atoms with Crippen molar-refractivity contribution in [2.24, 2.45) is 0 Å². The van der Waals surface area contributed by atoms with E-state index in [1.807, 2.05) is 6.08 Å². The van der Waals surface area contributed by atoms with E-state index in [1.54, 1.807) is 0 Å². The van der Waals surface area contributed by atoms with Gasteiger partial charge in [0.15, 0.2) is 0 Å². The first-order chi connectivity index (χ1) is 7.56. The smallest absolute Gasteiger partial charge is 0.305 e. The Morgan fingerprint density at radius 3 is 2.00 bits per heavy atom. The maximum atomic E-state index is 10.7. The summed E-state index contributed by atoms with van der Waals surface area (Å²) in [6.07, 6.45) is 6.67. The SMILES string of the molecule is CCC/C=C/CCC(OC(C)=O)OC(C)=O. The van der Waals surface area contributed by atoms with Crippen molar-refractivity contribution in [3.8, 4) is 0 Å². The van der Waals surface area contributed by atoms with Crippen LogP contribution >= 0.6 is 0 Å². The summed E-state index contributed by atoms with van der Waals surface area (Å²) < 4.78 is 9.70. The second-order valence-electron chi connectivity index (χ2n) is 3.49. The van der Waals surface area contributed by atoms with Gasteiger partial charge in [-0.1, -0.05) is 25.5 Å². The highest BCUT2D eigenvalue weighted by molar-refractivity contribution is 5.68. The zero-order valence-electron chi connectivity index (χ0n) is 10.2. The molecule has 0 aromatic heterocycles. The standard InChI is InChI=1S/C12H20O4/c1-4-5-6-7-8-9-12(15-10(2)13)16-11(3)14/h6-7,12H,4-5,8-9H2,1-3H3/b7-6+. The number of unbranched alkanes of at least 4 members (excludes halogenated alkanes) is 1. The van der Waals surface area contributed by atoms with Crippen LogP contribution in [0, 0.1) is 0 Å². The molecule has 0 amide bonds. The van der Waals surface area contributed by atoms with Gasteiger partial charge in [0.25, 0.3) is 0 Å². The van der Waals surface area contributed by atoms with E-state index in [9.17, 15) is 9.59 Å². The number of ether oxygens (including phenoxy) is 2. The number of carbonyl (C=O) groups is 2. The molecule has 0 heterocycles. The van der Waals surface area contributed by atoms with E-state index >= 15 is 0 Å². The van der Waals surface area contributed by atoms with Crippen LogP contribution in [-0.2, 0) is 19.1 Å². The highest BCUT2D eigenvalue weighted by Gasteiger charge is 2.13. The van der Waals surface area contributed by atoms with Gasteiger partial charge in [-0.2, -0.15) is 0 Å². The normalized spacial score (nSPS) is 10.8. The van der Waals surface area contributed by atoms with E-state index in [0.29, 0.717) is 6.42 Å². The molecule has 0 aromatic rings. The van der Waals surface area contributed by atoms with Gasteiger partial charge in [-0.25, -0.2) is 0 Å². The molecule has 0 atom stereocenters. The minimum atomic E-state index is -0.763. The largest absolute Gasteiger partial charge is 0.425 e. The second-order valence-corrected chi connectivity index (χ2v) is 3.49. The average Bonchev–Trinajstić information content (AvgIpc) is 2.15. The van der Waals surface area contributed by atoms with Crippen LogP contribution in [0.4, 0.5) is 0 Å². The summed E-state index contributed by atoms with van der Waals surface area (Å²) in [4.78, 5) is 21.5. The number of carbonyl (C=O) groups excluding carboxylic acids is 2. The average molecular weight is 228 g/mol. The Balaban J connectivity index is 3.91. The third kappa shape index (κ3) is 9.24. The Kier molecular flexibility index (Phi) is 8.21. The Morgan fingerprint density at radius 1 is 1.06 bits per heavy atom. The zero-order chi connectivity index (χ0) is 12.4. The Hall–Kier alpha value is -1.32. The fourth-order valence-electron chi connectivity index (χ4n) is 1.15. The molecule has 92 valence electrons. The van der Waals surface area contributed by atoms with E-state index < -0.39 is 18.2 Å². The molecule has 0 unspecified atom stereocenters. The van der Waals surface area contributed by atoms with Crippen LogP contribution in [0.5, 0.6) is 0 Å². The molecular weight excluding hydrogens is 208 g/mol. The minimum Gasteiger partial charge on any atom is -0.425 e. The third-order valence-electron chi connectivity index (χ3n) is 1.79. The van der Waals surface area contributed by atoms with Crippen molar-refractivity contribution in [1.82, 2.24) is 0 Å². The Morgan fingerprint density at radius 2 is 1.56 bits per heavy atom. The summed E-state index contributed by atoms with van der Waals surface area (Å²) in [5, 5.41) is 0. The molecule has 0 aliphatic rings. The molecule has 0 rings (SSSR count).